The highest BCUT2D eigenvalue weighted by Gasteiger charge is 2.21. The van der Waals surface area contributed by atoms with Crippen LogP contribution in [0.15, 0.2) is 36.4 Å². The molecule has 1 fully saturated rings. The Hall–Kier alpha value is -2.50. The number of amides is 2. The maximum absolute atomic E-state index is 12.0. The van der Waals surface area contributed by atoms with Crippen molar-refractivity contribution in [2.45, 2.75) is 32.2 Å². The third-order valence-electron chi connectivity index (χ3n) is 4.39. The number of hydrogen-bond acceptors (Lipinski definition) is 3. The lowest BCUT2D eigenvalue weighted by Crippen LogP contribution is -2.48. The average molecular weight is 327 g/mol. The van der Waals surface area contributed by atoms with Gasteiger partial charge in [-0.05, 0) is 31.7 Å². The lowest BCUT2D eigenvalue weighted by molar-refractivity contribution is 0.234. The molecule has 6 nitrogen and oxygen atoms in total. The number of urea groups is 1. The van der Waals surface area contributed by atoms with Gasteiger partial charge in [-0.15, -0.1) is 0 Å². The minimum Gasteiger partial charge on any atom is -0.355 e. The van der Waals surface area contributed by atoms with Crippen molar-refractivity contribution in [3.8, 4) is 0 Å². The number of anilines is 1. The number of carbonyl (C=O) groups excluding carboxylic acids is 1. The van der Waals surface area contributed by atoms with Crippen LogP contribution >= 0.6 is 0 Å². The SMILES string of the molecule is Cc1cc(N2CCC(NC(=O)NCCc3ccccc3)CC2)n[nH]1. The van der Waals surface area contributed by atoms with Crippen LogP contribution in [0.1, 0.15) is 24.1 Å². The predicted octanol–water partition coefficient (Wildman–Crippen LogP) is 2.23. The molecule has 0 unspecified atom stereocenters. The van der Waals surface area contributed by atoms with Crippen LogP contribution in [0.3, 0.4) is 0 Å². The van der Waals surface area contributed by atoms with Gasteiger partial charge in [-0.3, -0.25) is 5.10 Å². The molecule has 0 radical (unpaired) electrons. The Labute approximate surface area is 142 Å². The molecule has 1 saturated heterocycles. The molecule has 1 aliphatic heterocycles. The molecule has 6 heteroatoms. The molecular weight excluding hydrogens is 302 g/mol. The molecule has 2 heterocycles. The second kappa shape index (κ2) is 7.86. The van der Waals surface area contributed by atoms with Crippen LogP contribution in [-0.4, -0.2) is 41.9 Å². The number of nitrogens with one attached hydrogen (secondary N) is 3. The summed E-state index contributed by atoms with van der Waals surface area (Å²) in [6.07, 6.45) is 2.74. The number of aryl methyl sites for hydroxylation is 1. The van der Waals surface area contributed by atoms with Crippen LogP contribution in [0.5, 0.6) is 0 Å². The summed E-state index contributed by atoms with van der Waals surface area (Å²) in [5, 5.41) is 13.3. The van der Waals surface area contributed by atoms with Crippen molar-refractivity contribution in [2.75, 3.05) is 24.5 Å². The van der Waals surface area contributed by atoms with Crippen molar-refractivity contribution < 1.29 is 4.79 Å². The number of rotatable bonds is 5. The van der Waals surface area contributed by atoms with Gasteiger partial charge in [-0.2, -0.15) is 5.10 Å². The van der Waals surface area contributed by atoms with Crippen LogP contribution in [0, 0.1) is 6.92 Å². The number of benzene rings is 1. The third kappa shape index (κ3) is 4.50. The monoisotopic (exact) mass is 327 g/mol. The Kier molecular flexibility index (Phi) is 5.36. The van der Waals surface area contributed by atoms with E-state index in [2.05, 4.69) is 43.9 Å². The van der Waals surface area contributed by atoms with Crippen molar-refractivity contribution in [1.29, 1.82) is 0 Å². The van der Waals surface area contributed by atoms with Crippen molar-refractivity contribution in [3.05, 3.63) is 47.7 Å². The van der Waals surface area contributed by atoms with Gasteiger partial charge in [0.2, 0.25) is 0 Å². The van der Waals surface area contributed by atoms with Gasteiger partial charge in [0.25, 0.3) is 0 Å². The van der Waals surface area contributed by atoms with Crippen molar-refractivity contribution in [2.24, 2.45) is 0 Å². The van der Waals surface area contributed by atoms with Crippen LogP contribution < -0.4 is 15.5 Å². The summed E-state index contributed by atoms with van der Waals surface area (Å²) < 4.78 is 0. The zero-order valence-corrected chi connectivity index (χ0v) is 14.1. The number of piperidine rings is 1. The fraction of sp³-hybridized carbons (Fsp3) is 0.444. The highest BCUT2D eigenvalue weighted by atomic mass is 16.2. The Bertz CT molecular complexity index is 646. The fourth-order valence-corrected chi connectivity index (χ4v) is 3.02. The molecule has 0 saturated carbocycles. The lowest BCUT2D eigenvalue weighted by atomic mass is 10.1. The quantitative estimate of drug-likeness (QED) is 0.788. The molecule has 1 aliphatic rings. The van der Waals surface area contributed by atoms with E-state index in [1.54, 1.807) is 0 Å². The minimum atomic E-state index is -0.0694. The van der Waals surface area contributed by atoms with Crippen LogP contribution in [0.4, 0.5) is 10.6 Å². The van der Waals surface area contributed by atoms with E-state index in [-0.39, 0.29) is 12.1 Å². The van der Waals surface area contributed by atoms with Gasteiger partial charge < -0.3 is 15.5 Å². The number of carbonyl (C=O) groups is 1. The zero-order valence-electron chi connectivity index (χ0n) is 14.1. The summed E-state index contributed by atoms with van der Waals surface area (Å²) in [5.74, 6) is 0.998. The van der Waals surface area contributed by atoms with Crippen molar-refractivity contribution in [3.63, 3.8) is 0 Å². The number of nitrogens with zero attached hydrogens (tertiary/aromatic N) is 2. The maximum Gasteiger partial charge on any atom is 0.315 e. The van der Waals surface area contributed by atoms with Crippen LogP contribution in [0.2, 0.25) is 0 Å². The molecule has 3 rings (SSSR count). The van der Waals surface area contributed by atoms with E-state index in [4.69, 9.17) is 0 Å². The second-order valence-electron chi connectivity index (χ2n) is 6.31. The first-order valence-corrected chi connectivity index (χ1v) is 8.56. The topological polar surface area (TPSA) is 73.1 Å². The molecule has 0 aliphatic carbocycles. The van der Waals surface area contributed by atoms with Crippen molar-refractivity contribution >= 4 is 11.8 Å². The van der Waals surface area contributed by atoms with E-state index in [9.17, 15) is 4.79 Å². The van der Waals surface area contributed by atoms with Gasteiger partial charge in [0.15, 0.2) is 5.82 Å². The predicted molar refractivity (Wildman–Crippen MR) is 95.2 cm³/mol. The van der Waals surface area contributed by atoms with Crippen LogP contribution in [0.25, 0.3) is 0 Å². The largest absolute Gasteiger partial charge is 0.355 e. The maximum atomic E-state index is 12.0. The number of aromatic nitrogens is 2. The summed E-state index contributed by atoms with van der Waals surface area (Å²) >= 11 is 0. The van der Waals surface area contributed by atoms with Crippen LogP contribution in [-0.2, 0) is 6.42 Å². The summed E-state index contributed by atoms with van der Waals surface area (Å²) in [6, 6.07) is 12.4. The van der Waals surface area contributed by atoms with E-state index in [1.807, 2.05) is 25.1 Å². The molecule has 1 aromatic carbocycles. The van der Waals surface area contributed by atoms with Gasteiger partial charge in [0.1, 0.15) is 0 Å². The summed E-state index contributed by atoms with van der Waals surface area (Å²) in [4.78, 5) is 14.3. The Morgan fingerprint density at radius 1 is 1.29 bits per heavy atom. The summed E-state index contributed by atoms with van der Waals surface area (Å²) in [6.45, 7) is 4.49. The highest BCUT2D eigenvalue weighted by molar-refractivity contribution is 5.74. The molecule has 0 spiro atoms. The first kappa shape index (κ1) is 16.4. The Morgan fingerprint density at radius 2 is 2.04 bits per heavy atom. The number of hydrogen-bond donors (Lipinski definition) is 3. The number of H-pyrrole nitrogens is 1. The summed E-state index contributed by atoms with van der Waals surface area (Å²) in [5.41, 5.74) is 2.31. The first-order chi connectivity index (χ1) is 11.7. The van der Waals surface area contributed by atoms with E-state index >= 15 is 0 Å². The van der Waals surface area contributed by atoms with Gasteiger partial charge in [0, 0.05) is 37.4 Å². The van der Waals surface area contributed by atoms with Gasteiger partial charge in [0.05, 0.1) is 0 Å². The lowest BCUT2D eigenvalue weighted by Gasteiger charge is -2.32. The van der Waals surface area contributed by atoms with Gasteiger partial charge >= 0.3 is 6.03 Å². The molecule has 0 bridgehead atoms. The highest BCUT2D eigenvalue weighted by Crippen LogP contribution is 2.18. The molecule has 2 amide bonds. The molecule has 1 aromatic heterocycles. The second-order valence-corrected chi connectivity index (χ2v) is 6.31. The fourth-order valence-electron chi connectivity index (χ4n) is 3.02. The molecule has 2 aromatic rings. The molecule has 24 heavy (non-hydrogen) atoms. The smallest absolute Gasteiger partial charge is 0.315 e. The van der Waals surface area contributed by atoms with E-state index in [1.165, 1.54) is 5.56 Å². The Morgan fingerprint density at radius 3 is 2.71 bits per heavy atom. The first-order valence-electron chi connectivity index (χ1n) is 8.56. The van der Waals surface area contributed by atoms with E-state index in [0.29, 0.717) is 6.54 Å². The normalized spacial score (nSPS) is 15.3. The molecular formula is C18H25N5O. The zero-order chi connectivity index (χ0) is 16.8. The number of aromatic amines is 1. The summed E-state index contributed by atoms with van der Waals surface area (Å²) in [7, 11) is 0. The van der Waals surface area contributed by atoms with E-state index < -0.39 is 0 Å². The van der Waals surface area contributed by atoms with Gasteiger partial charge in [-0.25, -0.2) is 4.79 Å². The third-order valence-corrected chi connectivity index (χ3v) is 4.39. The molecule has 3 N–H and O–H groups in total. The van der Waals surface area contributed by atoms with Gasteiger partial charge in [-0.1, -0.05) is 30.3 Å². The standard InChI is InChI=1S/C18H25N5O/c1-14-13-17(22-21-14)23-11-8-16(9-12-23)20-18(24)19-10-7-15-5-3-2-4-6-15/h2-6,13,16H,7-12H2,1H3,(H,21,22)(H2,19,20,24). The van der Waals surface area contributed by atoms with Crippen molar-refractivity contribution in [1.82, 2.24) is 20.8 Å². The average Bonchev–Trinajstić information content (AvgIpc) is 3.03. The Balaban J connectivity index is 1.35. The minimum absolute atomic E-state index is 0.0694. The van der Waals surface area contributed by atoms with E-state index in [0.717, 1.165) is 43.9 Å². The molecule has 0 atom stereocenters. The molecule has 128 valence electrons.